The lowest BCUT2D eigenvalue weighted by molar-refractivity contribution is -0.163. The lowest BCUT2D eigenvalue weighted by Crippen LogP contribution is -2.43. The Balaban J connectivity index is 2.91. The van der Waals surface area contributed by atoms with Gasteiger partial charge in [0.2, 0.25) is 0 Å². The quantitative estimate of drug-likeness (QED) is 0.712. The molecule has 0 aliphatic heterocycles. The van der Waals surface area contributed by atoms with Crippen molar-refractivity contribution < 1.29 is 19.1 Å². The monoisotopic (exact) mass is 242 g/mol. The lowest BCUT2D eigenvalue weighted by Gasteiger charge is -2.40. The molecular weight excluding hydrogens is 220 g/mol. The highest BCUT2D eigenvalue weighted by molar-refractivity contribution is 5.79. The minimum atomic E-state index is -0.522. The zero-order valence-corrected chi connectivity index (χ0v) is 11.1. The highest BCUT2D eigenvalue weighted by atomic mass is 16.5. The van der Waals surface area contributed by atoms with Crippen molar-refractivity contribution in [2.75, 3.05) is 14.2 Å². The number of carbonyl (C=O) groups is 2. The summed E-state index contributed by atoms with van der Waals surface area (Å²) in [7, 11) is 2.81. The molecule has 0 spiro atoms. The van der Waals surface area contributed by atoms with Crippen molar-refractivity contribution in [1.29, 1.82) is 0 Å². The molecule has 0 heterocycles. The summed E-state index contributed by atoms with van der Waals surface area (Å²) >= 11 is 0. The second-order valence-electron chi connectivity index (χ2n) is 5.12. The Bertz CT molecular complexity index is 298. The van der Waals surface area contributed by atoms with Crippen molar-refractivity contribution in [3.8, 4) is 0 Å². The molecule has 0 aromatic carbocycles. The van der Waals surface area contributed by atoms with Crippen LogP contribution in [0.5, 0.6) is 0 Å². The number of esters is 2. The van der Waals surface area contributed by atoms with Crippen LogP contribution in [0, 0.1) is 17.3 Å². The molecule has 0 N–H and O–H groups in total. The first-order valence-electron chi connectivity index (χ1n) is 6.14. The van der Waals surface area contributed by atoms with Gasteiger partial charge in [-0.1, -0.05) is 20.3 Å². The largest absolute Gasteiger partial charge is 0.469 e. The molecule has 1 rings (SSSR count). The number of carbonyl (C=O) groups excluding carboxylic acids is 2. The van der Waals surface area contributed by atoms with Gasteiger partial charge in [0.1, 0.15) is 0 Å². The van der Waals surface area contributed by atoms with Crippen LogP contribution in [0.15, 0.2) is 0 Å². The Morgan fingerprint density at radius 3 is 2.35 bits per heavy atom. The van der Waals surface area contributed by atoms with E-state index in [9.17, 15) is 9.59 Å². The fourth-order valence-corrected chi connectivity index (χ4v) is 2.82. The molecule has 17 heavy (non-hydrogen) atoms. The number of rotatable bonds is 3. The summed E-state index contributed by atoms with van der Waals surface area (Å²) in [5, 5.41) is 0. The van der Waals surface area contributed by atoms with Gasteiger partial charge in [-0.2, -0.15) is 0 Å². The lowest BCUT2D eigenvalue weighted by atomic mass is 9.63. The van der Waals surface area contributed by atoms with E-state index in [0.717, 1.165) is 19.3 Å². The molecule has 1 fully saturated rings. The molecule has 0 saturated heterocycles. The Morgan fingerprint density at radius 1 is 1.24 bits per heavy atom. The van der Waals surface area contributed by atoms with Crippen LogP contribution in [-0.2, 0) is 19.1 Å². The average molecular weight is 242 g/mol. The summed E-state index contributed by atoms with van der Waals surface area (Å²) in [6, 6.07) is 0. The van der Waals surface area contributed by atoms with Gasteiger partial charge in [-0.05, 0) is 25.2 Å². The molecule has 0 aromatic heterocycles. The van der Waals surface area contributed by atoms with Crippen molar-refractivity contribution in [1.82, 2.24) is 0 Å². The predicted octanol–water partition coefficient (Wildman–Crippen LogP) is 2.17. The van der Waals surface area contributed by atoms with E-state index in [1.165, 1.54) is 14.2 Å². The van der Waals surface area contributed by atoms with Gasteiger partial charge in [-0.25, -0.2) is 0 Å². The molecule has 0 amide bonds. The molecule has 0 aromatic rings. The van der Waals surface area contributed by atoms with Gasteiger partial charge in [0, 0.05) is 0 Å². The maximum Gasteiger partial charge on any atom is 0.312 e. The minimum absolute atomic E-state index is 0.169. The molecule has 0 radical (unpaired) electrons. The molecular formula is C13H22O4. The van der Waals surface area contributed by atoms with Gasteiger partial charge in [-0.3, -0.25) is 9.59 Å². The molecule has 98 valence electrons. The summed E-state index contributed by atoms with van der Waals surface area (Å²) in [6.45, 7) is 4.02. The van der Waals surface area contributed by atoms with Crippen LogP contribution in [0.25, 0.3) is 0 Å². The molecule has 4 heteroatoms. The third kappa shape index (κ3) is 2.61. The highest BCUT2D eigenvalue weighted by Crippen LogP contribution is 2.46. The minimum Gasteiger partial charge on any atom is -0.469 e. The Hall–Kier alpha value is -1.06. The van der Waals surface area contributed by atoms with Crippen LogP contribution < -0.4 is 0 Å². The van der Waals surface area contributed by atoms with E-state index in [4.69, 9.17) is 9.47 Å². The van der Waals surface area contributed by atoms with Crippen LogP contribution in [-0.4, -0.2) is 26.2 Å². The normalized spacial score (nSPS) is 28.9. The molecule has 2 atom stereocenters. The first-order chi connectivity index (χ1) is 7.97. The summed E-state index contributed by atoms with van der Waals surface area (Å²) in [4.78, 5) is 23.6. The van der Waals surface area contributed by atoms with Crippen molar-refractivity contribution in [2.24, 2.45) is 17.3 Å². The summed E-state index contributed by atoms with van der Waals surface area (Å²) in [6.07, 6.45) is 3.01. The van der Waals surface area contributed by atoms with Crippen LogP contribution in [0.4, 0.5) is 0 Å². The first-order valence-corrected chi connectivity index (χ1v) is 6.14. The molecule has 4 nitrogen and oxygen atoms in total. The number of hydrogen-bond acceptors (Lipinski definition) is 4. The predicted molar refractivity (Wildman–Crippen MR) is 63.3 cm³/mol. The molecule has 1 aliphatic carbocycles. The van der Waals surface area contributed by atoms with Gasteiger partial charge in [0.15, 0.2) is 0 Å². The zero-order chi connectivity index (χ0) is 13.1. The van der Waals surface area contributed by atoms with Crippen LogP contribution in [0.2, 0.25) is 0 Å². The number of ether oxygens (including phenoxy) is 2. The molecule has 1 aliphatic rings. The maximum atomic E-state index is 12.0. The van der Waals surface area contributed by atoms with E-state index < -0.39 is 5.41 Å². The van der Waals surface area contributed by atoms with Crippen LogP contribution in [0.3, 0.4) is 0 Å². The van der Waals surface area contributed by atoms with Gasteiger partial charge >= 0.3 is 11.9 Å². The SMILES string of the molecule is COC(=O)[C@@H]1CCC[C@](C(=O)OC)(C(C)C)C1. The smallest absolute Gasteiger partial charge is 0.312 e. The topological polar surface area (TPSA) is 52.6 Å². The second kappa shape index (κ2) is 5.52. The van der Waals surface area contributed by atoms with Crippen LogP contribution in [0.1, 0.15) is 39.5 Å². The third-order valence-electron chi connectivity index (χ3n) is 4.02. The summed E-state index contributed by atoms with van der Waals surface area (Å²) in [5.74, 6) is -0.405. The fraction of sp³-hybridized carbons (Fsp3) is 0.846. The summed E-state index contributed by atoms with van der Waals surface area (Å²) < 4.78 is 9.71. The zero-order valence-electron chi connectivity index (χ0n) is 11.1. The number of hydrogen-bond donors (Lipinski definition) is 0. The Morgan fingerprint density at radius 2 is 1.88 bits per heavy atom. The van der Waals surface area contributed by atoms with E-state index in [1.54, 1.807) is 0 Å². The van der Waals surface area contributed by atoms with E-state index in [1.807, 2.05) is 13.8 Å². The Kier molecular flexibility index (Phi) is 4.54. The van der Waals surface area contributed by atoms with E-state index in [0.29, 0.717) is 6.42 Å². The van der Waals surface area contributed by atoms with Gasteiger partial charge in [0.25, 0.3) is 0 Å². The van der Waals surface area contributed by atoms with Crippen molar-refractivity contribution >= 4 is 11.9 Å². The van der Waals surface area contributed by atoms with Gasteiger partial charge in [0.05, 0.1) is 25.6 Å². The Labute approximate surface area is 103 Å². The standard InChI is InChI=1S/C13H22O4/c1-9(2)13(12(15)17-4)7-5-6-10(8-13)11(14)16-3/h9-10H,5-8H2,1-4H3/t10-,13-/m1/s1. The first kappa shape index (κ1) is 14.0. The third-order valence-corrected chi connectivity index (χ3v) is 4.02. The van der Waals surface area contributed by atoms with Crippen molar-refractivity contribution in [3.63, 3.8) is 0 Å². The second-order valence-corrected chi connectivity index (χ2v) is 5.12. The van der Waals surface area contributed by atoms with Crippen LogP contribution >= 0.6 is 0 Å². The van der Waals surface area contributed by atoms with E-state index in [2.05, 4.69) is 0 Å². The van der Waals surface area contributed by atoms with Gasteiger partial charge < -0.3 is 9.47 Å². The summed E-state index contributed by atoms with van der Waals surface area (Å²) in [5.41, 5.74) is -0.522. The molecule has 0 unspecified atom stereocenters. The maximum absolute atomic E-state index is 12.0. The van der Waals surface area contributed by atoms with E-state index >= 15 is 0 Å². The van der Waals surface area contributed by atoms with E-state index in [-0.39, 0.29) is 23.8 Å². The fourth-order valence-electron chi connectivity index (χ4n) is 2.82. The van der Waals surface area contributed by atoms with Gasteiger partial charge in [-0.15, -0.1) is 0 Å². The molecule has 0 bridgehead atoms. The highest BCUT2D eigenvalue weighted by Gasteiger charge is 2.47. The van der Waals surface area contributed by atoms with Crippen molar-refractivity contribution in [2.45, 2.75) is 39.5 Å². The number of methoxy groups -OCH3 is 2. The van der Waals surface area contributed by atoms with Crippen molar-refractivity contribution in [3.05, 3.63) is 0 Å². The molecule has 1 saturated carbocycles. The average Bonchev–Trinajstić information content (AvgIpc) is 2.36.